The Hall–Kier alpha value is -2.08. The second-order valence-corrected chi connectivity index (χ2v) is 2.23. The predicted molar refractivity (Wildman–Crippen MR) is 52.2 cm³/mol. The Morgan fingerprint density at radius 3 is 2.92 bits per heavy atom. The van der Waals surface area contributed by atoms with Gasteiger partial charge in [-0.05, 0) is 18.1 Å². The van der Waals surface area contributed by atoms with Crippen LogP contribution in [0.3, 0.4) is 0 Å². The third kappa shape index (κ3) is 2.80. The average Bonchev–Trinajstić information content (AvgIpc) is 2.21. The van der Waals surface area contributed by atoms with Crippen molar-refractivity contribution in [2.45, 2.75) is 0 Å². The first-order chi connectivity index (χ1) is 6.36. The lowest BCUT2D eigenvalue weighted by Crippen LogP contribution is -1.87. The molecular weight excluding hydrogens is 162 g/mol. The van der Waals surface area contributed by atoms with E-state index in [9.17, 15) is 0 Å². The standard InChI is InChI=1S/C10H9N3/c11-7-9(8-12)4-5-10-3-1-2-6-13-10/h1-3,6-8,11H,12H2. The zero-order chi connectivity index (χ0) is 9.52. The molecule has 64 valence electrons. The molecule has 0 radical (unpaired) electrons. The molecule has 0 unspecified atom stereocenters. The van der Waals surface area contributed by atoms with Crippen LogP contribution >= 0.6 is 0 Å². The normalized spacial score (nSPS) is 10.0. The third-order valence-electron chi connectivity index (χ3n) is 1.33. The molecule has 0 aliphatic rings. The molecular formula is C10H9N3. The van der Waals surface area contributed by atoms with E-state index in [1.807, 2.05) is 12.1 Å². The maximum absolute atomic E-state index is 6.93. The zero-order valence-corrected chi connectivity index (χ0v) is 6.99. The van der Waals surface area contributed by atoms with E-state index < -0.39 is 0 Å². The molecule has 3 nitrogen and oxygen atoms in total. The van der Waals surface area contributed by atoms with Crippen molar-refractivity contribution in [3.63, 3.8) is 0 Å². The van der Waals surface area contributed by atoms with Gasteiger partial charge in [-0.3, -0.25) is 0 Å². The molecule has 0 aliphatic carbocycles. The molecule has 3 N–H and O–H groups in total. The smallest absolute Gasteiger partial charge is 0.113 e. The number of allylic oxidation sites excluding steroid dienone is 1. The average molecular weight is 171 g/mol. The van der Waals surface area contributed by atoms with E-state index in [0.29, 0.717) is 11.3 Å². The maximum Gasteiger partial charge on any atom is 0.113 e. The number of pyridine rings is 1. The molecule has 0 atom stereocenters. The summed E-state index contributed by atoms with van der Waals surface area (Å²) in [4.78, 5) is 4.00. The minimum atomic E-state index is 0.477. The lowest BCUT2D eigenvalue weighted by atomic mass is 10.3. The van der Waals surface area contributed by atoms with Gasteiger partial charge >= 0.3 is 0 Å². The lowest BCUT2D eigenvalue weighted by Gasteiger charge is -1.86. The van der Waals surface area contributed by atoms with Crippen LogP contribution in [0, 0.1) is 17.3 Å². The predicted octanol–water partition coefficient (Wildman–Crippen LogP) is 0.925. The first-order valence-electron chi connectivity index (χ1n) is 3.72. The fourth-order valence-corrected chi connectivity index (χ4v) is 0.699. The Labute approximate surface area is 76.8 Å². The van der Waals surface area contributed by atoms with Crippen molar-refractivity contribution in [1.29, 1.82) is 5.41 Å². The maximum atomic E-state index is 6.93. The Bertz CT molecular complexity index is 368. The summed E-state index contributed by atoms with van der Waals surface area (Å²) in [5.74, 6) is 5.50. The Morgan fingerprint density at radius 2 is 2.38 bits per heavy atom. The second kappa shape index (κ2) is 4.73. The van der Waals surface area contributed by atoms with Gasteiger partial charge in [0.25, 0.3) is 0 Å². The van der Waals surface area contributed by atoms with Gasteiger partial charge < -0.3 is 11.1 Å². The van der Waals surface area contributed by atoms with E-state index in [2.05, 4.69) is 16.8 Å². The van der Waals surface area contributed by atoms with Gasteiger partial charge in [0.1, 0.15) is 5.69 Å². The van der Waals surface area contributed by atoms with Crippen molar-refractivity contribution >= 4 is 6.21 Å². The van der Waals surface area contributed by atoms with Crippen LogP contribution in [0.1, 0.15) is 5.69 Å². The highest BCUT2D eigenvalue weighted by Gasteiger charge is 1.84. The molecule has 0 aliphatic heterocycles. The van der Waals surface area contributed by atoms with Crippen LogP contribution in [0.4, 0.5) is 0 Å². The Kier molecular flexibility index (Phi) is 3.28. The summed E-state index contributed by atoms with van der Waals surface area (Å²) >= 11 is 0. The molecule has 0 saturated heterocycles. The van der Waals surface area contributed by atoms with Gasteiger partial charge in [0, 0.05) is 18.6 Å². The zero-order valence-electron chi connectivity index (χ0n) is 6.99. The van der Waals surface area contributed by atoms with E-state index >= 15 is 0 Å². The van der Waals surface area contributed by atoms with Crippen molar-refractivity contribution in [2.75, 3.05) is 0 Å². The molecule has 1 rings (SSSR count). The van der Waals surface area contributed by atoms with Crippen LogP contribution in [-0.2, 0) is 0 Å². The van der Waals surface area contributed by atoms with E-state index in [4.69, 9.17) is 11.1 Å². The SMILES string of the molecule is N=CC(C#Cc1ccccn1)=CN. The van der Waals surface area contributed by atoms with Gasteiger partial charge in [0.05, 0.1) is 5.57 Å². The van der Waals surface area contributed by atoms with Gasteiger partial charge in [0.15, 0.2) is 0 Å². The molecule has 0 bridgehead atoms. The minimum absolute atomic E-state index is 0.477. The molecule has 13 heavy (non-hydrogen) atoms. The van der Waals surface area contributed by atoms with E-state index in [0.717, 1.165) is 6.21 Å². The summed E-state index contributed by atoms with van der Waals surface area (Å²) in [5.41, 5.74) is 6.36. The van der Waals surface area contributed by atoms with Crippen molar-refractivity contribution in [1.82, 2.24) is 4.98 Å². The molecule has 0 fully saturated rings. The summed E-state index contributed by atoms with van der Waals surface area (Å²) in [6.45, 7) is 0. The molecule has 1 aromatic rings. The van der Waals surface area contributed by atoms with Crippen LogP contribution in [0.15, 0.2) is 36.2 Å². The monoisotopic (exact) mass is 171 g/mol. The van der Waals surface area contributed by atoms with Crippen molar-refractivity contribution in [3.05, 3.63) is 41.9 Å². The highest BCUT2D eigenvalue weighted by Crippen LogP contribution is 1.90. The summed E-state index contributed by atoms with van der Waals surface area (Å²) in [5, 5.41) is 6.93. The van der Waals surface area contributed by atoms with Gasteiger partial charge in [-0.2, -0.15) is 0 Å². The molecule has 0 spiro atoms. The van der Waals surface area contributed by atoms with E-state index in [1.54, 1.807) is 12.3 Å². The van der Waals surface area contributed by atoms with Gasteiger partial charge in [-0.25, -0.2) is 4.98 Å². The quantitative estimate of drug-likeness (QED) is 0.487. The van der Waals surface area contributed by atoms with Crippen molar-refractivity contribution in [2.24, 2.45) is 5.73 Å². The number of nitrogens with zero attached hydrogens (tertiary/aromatic N) is 1. The summed E-state index contributed by atoms with van der Waals surface area (Å²) in [6.07, 6.45) is 4.07. The van der Waals surface area contributed by atoms with Gasteiger partial charge in [-0.15, -0.1) is 0 Å². The number of aromatic nitrogens is 1. The van der Waals surface area contributed by atoms with Crippen molar-refractivity contribution in [3.8, 4) is 11.8 Å². The van der Waals surface area contributed by atoms with Crippen molar-refractivity contribution < 1.29 is 0 Å². The number of hydrogen-bond acceptors (Lipinski definition) is 3. The lowest BCUT2D eigenvalue weighted by molar-refractivity contribution is 1.29. The fourth-order valence-electron chi connectivity index (χ4n) is 0.699. The van der Waals surface area contributed by atoms with Crippen LogP contribution in [0.5, 0.6) is 0 Å². The number of hydrogen-bond donors (Lipinski definition) is 2. The molecule has 3 heteroatoms. The van der Waals surface area contributed by atoms with Crippen LogP contribution in [0.2, 0.25) is 0 Å². The first-order valence-corrected chi connectivity index (χ1v) is 3.72. The van der Waals surface area contributed by atoms with Crippen LogP contribution < -0.4 is 5.73 Å². The topological polar surface area (TPSA) is 62.8 Å². The first kappa shape index (κ1) is 9.01. The van der Waals surface area contributed by atoms with Gasteiger partial charge in [0.2, 0.25) is 0 Å². The second-order valence-electron chi connectivity index (χ2n) is 2.23. The summed E-state index contributed by atoms with van der Waals surface area (Å²) < 4.78 is 0. The van der Waals surface area contributed by atoms with Crippen LogP contribution in [-0.4, -0.2) is 11.2 Å². The molecule has 0 saturated carbocycles. The number of nitrogens with one attached hydrogen (secondary N) is 1. The van der Waals surface area contributed by atoms with Gasteiger partial charge in [-0.1, -0.05) is 12.0 Å². The molecule has 0 amide bonds. The Morgan fingerprint density at radius 1 is 1.54 bits per heavy atom. The largest absolute Gasteiger partial charge is 0.404 e. The highest BCUT2D eigenvalue weighted by atomic mass is 14.6. The molecule has 0 aromatic carbocycles. The molecule has 1 aromatic heterocycles. The number of rotatable bonds is 1. The minimum Gasteiger partial charge on any atom is -0.404 e. The van der Waals surface area contributed by atoms with E-state index in [-0.39, 0.29) is 0 Å². The summed E-state index contributed by atoms with van der Waals surface area (Å²) in [7, 11) is 0. The summed E-state index contributed by atoms with van der Waals surface area (Å²) in [6, 6.07) is 5.47. The van der Waals surface area contributed by atoms with Crippen LogP contribution in [0.25, 0.3) is 0 Å². The Balaban J connectivity index is 2.84. The fraction of sp³-hybridized carbons (Fsp3) is 0. The van der Waals surface area contributed by atoms with E-state index in [1.165, 1.54) is 6.20 Å². The number of nitrogens with two attached hydrogens (primary N) is 1. The molecule has 1 heterocycles. The highest BCUT2D eigenvalue weighted by molar-refractivity contribution is 5.82. The third-order valence-corrected chi connectivity index (χ3v) is 1.33.